The quantitative estimate of drug-likeness (QED) is 0.614. The maximum Gasteiger partial charge on any atom is 0.118 e. The summed E-state index contributed by atoms with van der Waals surface area (Å²) in [6, 6.07) is 0. The van der Waals surface area contributed by atoms with Crippen LogP contribution >= 0.6 is 0 Å². The standard InChI is InChI=1S/C7H11FO2/c8-3-7-1-6(2-7,4-9)5-10-7/h9H,1-5H2. The fourth-order valence-electron chi connectivity index (χ4n) is 2.12. The highest BCUT2D eigenvalue weighted by Crippen LogP contribution is 2.57. The van der Waals surface area contributed by atoms with E-state index < -0.39 is 12.3 Å². The molecular weight excluding hydrogens is 135 g/mol. The fourth-order valence-corrected chi connectivity index (χ4v) is 2.12. The molecule has 10 heavy (non-hydrogen) atoms. The van der Waals surface area contributed by atoms with Gasteiger partial charge in [0.1, 0.15) is 6.67 Å². The molecular formula is C7H11FO2. The lowest BCUT2D eigenvalue weighted by Gasteiger charge is -2.41. The van der Waals surface area contributed by atoms with Crippen LogP contribution in [0.2, 0.25) is 0 Å². The third-order valence-corrected chi connectivity index (χ3v) is 2.66. The van der Waals surface area contributed by atoms with E-state index in [0.717, 1.165) is 0 Å². The van der Waals surface area contributed by atoms with Gasteiger partial charge in [0, 0.05) is 5.41 Å². The molecule has 0 aromatic rings. The Labute approximate surface area is 59.0 Å². The molecule has 0 atom stereocenters. The second-order valence-corrected chi connectivity index (χ2v) is 3.62. The van der Waals surface area contributed by atoms with E-state index in [0.29, 0.717) is 19.4 Å². The third kappa shape index (κ3) is 0.596. The van der Waals surface area contributed by atoms with Gasteiger partial charge >= 0.3 is 0 Å². The first kappa shape index (κ1) is 6.55. The molecule has 0 spiro atoms. The van der Waals surface area contributed by atoms with Gasteiger partial charge in [-0.05, 0) is 12.8 Å². The summed E-state index contributed by atoms with van der Waals surface area (Å²) in [7, 11) is 0. The van der Waals surface area contributed by atoms with Crippen LogP contribution in [0.3, 0.4) is 0 Å². The van der Waals surface area contributed by atoms with Gasteiger partial charge in [-0.2, -0.15) is 0 Å². The van der Waals surface area contributed by atoms with Gasteiger partial charge in [-0.1, -0.05) is 0 Å². The summed E-state index contributed by atoms with van der Waals surface area (Å²) in [5, 5.41) is 8.87. The van der Waals surface area contributed by atoms with Gasteiger partial charge in [-0.25, -0.2) is 4.39 Å². The molecule has 58 valence electrons. The van der Waals surface area contributed by atoms with Crippen LogP contribution in [0.4, 0.5) is 4.39 Å². The molecule has 0 amide bonds. The lowest BCUT2D eigenvalue weighted by atomic mass is 9.63. The average Bonchev–Trinajstić information content (AvgIpc) is 2.40. The van der Waals surface area contributed by atoms with Crippen LogP contribution < -0.4 is 0 Å². The summed E-state index contributed by atoms with van der Waals surface area (Å²) in [6.45, 7) is 0.302. The van der Waals surface area contributed by atoms with Gasteiger partial charge in [0.25, 0.3) is 0 Å². The predicted molar refractivity (Wildman–Crippen MR) is 33.4 cm³/mol. The van der Waals surface area contributed by atoms with Crippen LogP contribution in [-0.4, -0.2) is 30.6 Å². The van der Waals surface area contributed by atoms with E-state index in [4.69, 9.17) is 9.84 Å². The van der Waals surface area contributed by atoms with Gasteiger partial charge in [0.05, 0.1) is 18.8 Å². The van der Waals surface area contributed by atoms with Crippen molar-refractivity contribution >= 4 is 0 Å². The number of aliphatic hydroxyl groups is 1. The Morgan fingerprint density at radius 2 is 2.20 bits per heavy atom. The topological polar surface area (TPSA) is 29.5 Å². The van der Waals surface area contributed by atoms with Gasteiger partial charge < -0.3 is 9.84 Å². The number of fused-ring (bicyclic) bond motifs is 1. The first-order chi connectivity index (χ1) is 4.74. The Balaban J connectivity index is 2.06. The summed E-state index contributed by atoms with van der Waals surface area (Å²) in [4.78, 5) is 0. The maximum atomic E-state index is 12.2. The molecule has 3 aliphatic rings. The molecule has 0 aromatic carbocycles. The highest BCUT2D eigenvalue weighted by molar-refractivity contribution is 5.10. The highest BCUT2D eigenvalue weighted by atomic mass is 19.1. The maximum absolute atomic E-state index is 12.2. The molecule has 2 aliphatic heterocycles. The monoisotopic (exact) mass is 146 g/mol. The van der Waals surface area contributed by atoms with Crippen LogP contribution in [0, 0.1) is 5.41 Å². The smallest absolute Gasteiger partial charge is 0.118 e. The molecule has 0 radical (unpaired) electrons. The predicted octanol–water partition coefficient (Wildman–Crippen LogP) is 0.497. The van der Waals surface area contributed by atoms with E-state index in [1.807, 2.05) is 0 Å². The normalized spacial score (nSPS) is 51.0. The second-order valence-electron chi connectivity index (χ2n) is 3.62. The summed E-state index contributed by atoms with van der Waals surface area (Å²) >= 11 is 0. The minimum absolute atomic E-state index is 0.0634. The van der Waals surface area contributed by atoms with E-state index in [-0.39, 0.29) is 12.0 Å². The lowest BCUT2D eigenvalue weighted by molar-refractivity contribution is -0.0453. The molecule has 3 rings (SSSR count). The van der Waals surface area contributed by atoms with Gasteiger partial charge in [-0.3, -0.25) is 0 Å². The summed E-state index contributed by atoms with van der Waals surface area (Å²) < 4.78 is 17.4. The van der Waals surface area contributed by atoms with Crippen molar-refractivity contribution in [3.05, 3.63) is 0 Å². The average molecular weight is 146 g/mol. The third-order valence-electron chi connectivity index (χ3n) is 2.66. The number of rotatable bonds is 2. The van der Waals surface area contributed by atoms with Crippen molar-refractivity contribution in [2.45, 2.75) is 18.4 Å². The van der Waals surface area contributed by atoms with Crippen molar-refractivity contribution in [1.82, 2.24) is 0 Å². The second kappa shape index (κ2) is 1.71. The highest BCUT2D eigenvalue weighted by Gasteiger charge is 2.62. The van der Waals surface area contributed by atoms with Crippen LogP contribution in [-0.2, 0) is 4.74 Å². The number of ether oxygens (including phenoxy) is 1. The molecule has 2 heterocycles. The molecule has 2 nitrogen and oxygen atoms in total. The zero-order chi connectivity index (χ0) is 7.24. The van der Waals surface area contributed by atoms with Crippen LogP contribution in [0.1, 0.15) is 12.8 Å². The minimum atomic E-state index is -0.483. The molecule has 1 saturated carbocycles. The van der Waals surface area contributed by atoms with E-state index in [9.17, 15) is 4.39 Å². The number of aliphatic hydroxyl groups excluding tert-OH is 1. The first-order valence-corrected chi connectivity index (χ1v) is 3.55. The zero-order valence-electron chi connectivity index (χ0n) is 5.77. The largest absolute Gasteiger partial charge is 0.396 e. The van der Waals surface area contributed by atoms with Crippen molar-refractivity contribution in [1.29, 1.82) is 0 Å². The summed E-state index contributed by atoms with van der Waals surface area (Å²) in [5.74, 6) is 0. The Morgan fingerprint density at radius 3 is 2.50 bits per heavy atom. The van der Waals surface area contributed by atoms with E-state index in [1.165, 1.54) is 0 Å². The molecule has 3 fully saturated rings. The number of hydrogen-bond donors (Lipinski definition) is 1. The number of alkyl halides is 1. The Morgan fingerprint density at radius 1 is 1.50 bits per heavy atom. The van der Waals surface area contributed by atoms with Gasteiger partial charge in [0.2, 0.25) is 0 Å². The van der Waals surface area contributed by atoms with Crippen LogP contribution in [0.15, 0.2) is 0 Å². The van der Waals surface area contributed by atoms with Gasteiger partial charge in [-0.15, -0.1) is 0 Å². The van der Waals surface area contributed by atoms with E-state index in [2.05, 4.69) is 0 Å². The molecule has 2 bridgehead atoms. The molecule has 1 N–H and O–H groups in total. The first-order valence-electron chi connectivity index (χ1n) is 3.55. The molecule has 3 heteroatoms. The Kier molecular flexibility index (Phi) is 1.12. The SMILES string of the molecule is OCC12COC(CF)(C1)C2. The van der Waals surface area contributed by atoms with Crippen molar-refractivity contribution in [2.75, 3.05) is 19.9 Å². The molecule has 2 saturated heterocycles. The van der Waals surface area contributed by atoms with Crippen molar-refractivity contribution in [3.63, 3.8) is 0 Å². The Bertz CT molecular complexity index is 136. The minimum Gasteiger partial charge on any atom is -0.396 e. The van der Waals surface area contributed by atoms with Crippen molar-refractivity contribution in [2.24, 2.45) is 5.41 Å². The summed E-state index contributed by atoms with van der Waals surface area (Å²) in [6.07, 6.45) is 1.43. The fraction of sp³-hybridized carbons (Fsp3) is 1.00. The van der Waals surface area contributed by atoms with Crippen molar-refractivity contribution in [3.8, 4) is 0 Å². The zero-order valence-corrected chi connectivity index (χ0v) is 5.77. The number of halogens is 1. The van der Waals surface area contributed by atoms with Gasteiger partial charge in [0.15, 0.2) is 0 Å². The molecule has 0 aromatic heterocycles. The Hall–Kier alpha value is -0.150. The summed E-state index contributed by atoms with van der Waals surface area (Å²) in [5.41, 5.74) is -0.547. The van der Waals surface area contributed by atoms with Crippen LogP contribution in [0.5, 0.6) is 0 Å². The number of hydrogen-bond acceptors (Lipinski definition) is 2. The van der Waals surface area contributed by atoms with E-state index in [1.54, 1.807) is 0 Å². The lowest BCUT2D eigenvalue weighted by Crippen LogP contribution is -2.47. The van der Waals surface area contributed by atoms with Crippen molar-refractivity contribution < 1.29 is 14.2 Å². The van der Waals surface area contributed by atoms with E-state index >= 15 is 0 Å². The molecule has 1 aliphatic carbocycles. The molecule has 0 unspecified atom stereocenters. The van der Waals surface area contributed by atoms with Crippen LogP contribution in [0.25, 0.3) is 0 Å².